The second-order valence-corrected chi connectivity index (χ2v) is 3.76. The highest BCUT2D eigenvalue weighted by molar-refractivity contribution is 5.63. The Morgan fingerprint density at radius 3 is 2.78 bits per heavy atom. The van der Waals surface area contributed by atoms with Crippen LogP contribution in [0.5, 0.6) is 0 Å². The van der Waals surface area contributed by atoms with Crippen LogP contribution in [0.25, 0.3) is 0 Å². The minimum absolute atomic E-state index is 0.00344. The van der Waals surface area contributed by atoms with Gasteiger partial charge in [-0.1, -0.05) is 0 Å². The zero-order valence-electron chi connectivity index (χ0n) is 10.5. The largest absolute Gasteiger partial charge is 0.380 e. The molecule has 0 amide bonds. The predicted molar refractivity (Wildman–Crippen MR) is 70.7 cm³/mol. The first-order valence-corrected chi connectivity index (χ1v) is 5.63. The average molecular weight is 254 g/mol. The number of nitrogen functional groups attached to an aromatic ring is 1. The summed E-state index contributed by atoms with van der Waals surface area (Å²) < 4.78 is 5.24. The average Bonchev–Trinajstić information content (AvgIpc) is 2.38. The predicted octanol–water partition coefficient (Wildman–Crippen LogP) is 1.35. The number of non-ortho nitro benzene ring substituents is 1. The number of ether oxygens (including phenoxy) is 1. The molecule has 0 saturated heterocycles. The summed E-state index contributed by atoms with van der Waals surface area (Å²) in [5, 5.41) is 10.8. The summed E-state index contributed by atoms with van der Waals surface area (Å²) in [5.41, 5.74) is 3.65. The molecule has 7 nitrogen and oxygen atoms in total. The summed E-state index contributed by atoms with van der Waals surface area (Å²) in [6.45, 7) is 3.79. The van der Waals surface area contributed by atoms with Crippen molar-refractivity contribution in [2.75, 3.05) is 37.1 Å². The molecule has 18 heavy (non-hydrogen) atoms. The number of hydrazine groups is 1. The SMILES string of the molecule is CCOCCN(C)c1cc(NN)cc([N+](=O)[O-])c1. The van der Waals surface area contributed by atoms with Gasteiger partial charge in [-0.2, -0.15) is 0 Å². The molecule has 1 aromatic rings. The molecular weight excluding hydrogens is 236 g/mol. The van der Waals surface area contributed by atoms with E-state index in [4.69, 9.17) is 10.6 Å². The molecule has 0 fully saturated rings. The third-order valence-corrected chi connectivity index (χ3v) is 2.50. The van der Waals surface area contributed by atoms with Crippen LogP contribution in [0.3, 0.4) is 0 Å². The third-order valence-electron chi connectivity index (χ3n) is 2.50. The van der Waals surface area contributed by atoms with Crippen LogP contribution in [0.4, 0.5) is 17.1 Å². The molecule has 0 aromatic heterocycles. The molecule has 0 bridgehead atoms. The van der Waals surface area contributed by atoms with Crippen molar-refractivity contribution in [3.63, 3.8) is 0 Å². The highest BCUT2D eigenvalue weighted by Gasteiger charge is 2.11. The Kier molecular flexibility index (Phi) is 5.34. The van der Waals surface area contributed by atoms with Crippen LogP contribution in [0.2, 0.25) is 0 Å². The van der Waals surface area contributed by atoms with Crippen LogP contribution in [0, 0.1) is 10.1 Å². The minimum atomic E-state index is -0.444. The fraction of sp³-hybridized carbons (Fsp3) is 0.455. The van der Waals surface area contributed by atoms with Gasteiger partial charge >= 0.3 is 0 Å². The first kappa shape index (κ1) is 14.2. The first-order chi connectivity index (χ1) is 8.58. The summed E-state index contributed by atoms with van der Waals surface area (Å²) in [4.78, 5) is 12.2. The van der Waals surface area contributed by atoms with E-state index in [9.17, 15) is 10.1 Å². The summed E-state index contributed by atoms with van der Waals surface area (Å²) in [6, 6.07) is 4.64. The van der Waals surface area contributed by atoms with Crippen LogP contribution in [-0.2, 0) is 4.74 Å². The first-order valence-electron chi connectivity index (χ1n) is 5.63. The van der Waals surface area contributed by atoms with E-state index in [2.05, 4.69) is 5.43 Å². The van der Waals surface area contributed by atoms with Gasteiger partial charge < -0.3 is 15.1 Å². The number of nitrogens with two attached hydrogens (primary N) is 1. The molecule has 0 heterocycles. The van der Waals surface area contributed by atoms with Crippen LogP contribution in [0.1, 0.15) is 6.92 Å². The standard InChI is InChI=1S/C11H18N4O3/c1-3-18-5-4-14(2)10-6-9(13-12)7-11(8-10)15(16)17/h6-8,13H,3-5,12H2,1-2H3. The number of nitrogens with one attached hydrogen (secondary N) is 1. The highest BCUT2D eigenvalue weighted by atomic mass is 16.6. The molecule has 0 aliphatic rings. The van der Waals surface area contributed by atoms with Crippen molar-refractivity contribution in [1.29, 1.82) is 0 Å². The van der Waals surface area contributed by atoms with Gasteiger partial charge in [0.15, 0.2) is 0 Å². The highest BCUT2D eigenvalue weighted by Crippen LogP contribution is 2.25. The van der Waals surface area contributed by atoms with E-state index in [1.807, 2.05) is 18.9 Å². The van der Waals surface area contributed by atoms with Crippen LogP contribution in [0.15, 0.2) is 18.2 Å². The van der Waals surface area contributed by atoms with E-state index in [1.165, 1.54) is 12.1 Å². The quantitative estimate of drug-likeness (QED) is 0.330. The molecule has 1 aromatic carbocycles. The molecule has 7 heteroatoms. The van der Waals surface area contributed by atoms with Gasteiger partial charge in [0.1, 0.15) is 0 Å². The Morgan fingerprint density at radius 1 is 1.50 bits per heavy atom. The molecule has 0 spiro atoms. The number of hydrogen-bond acceptors (Lipinski definition) is 6. The maximum Gasteiger partial charge on any atom is 0.273 e. The normalized spacial score (nSPS) is 10.2. The summed E-state index contributed by atoms with van der Waals surface area (Å²) in [6.07, 6.45) is 0. The monoisotopic (exact) mass is 254 g/mol. The van der Waals surface area contributed by atoms with Crippen molar-refractivity contribution >= 4 is 17.1 Å². The molecule has 0 atom stereocenters. The van der Waals surface area contributed by atoms with E-state index < -0.39 is 4.92 Å². The molecule has 3 N–H and O–H groups in total. The van der Waals surface area contributed by atoms with Crippen molar-refractivity contribution in [2.24, 2.45) is 5.84 Å². The van der Waals surface area contributed by atoms with Crippen molar-refractivity contribution in [3.05, 3.63) is 28.3 Å². The lowest BCUT2D eigenvalue weighted by molar-refractivity contribution is -0.384. The summed E-state index contributed by atoms with van der Waals surface area (Å²) in [7, 11) is 1.85. The Hall–Kier alpha value is -1.86. The number of nitro benzene ring substituents is 1. The molecule has 0 radical (unpaired) electrons. The number of benzene rings is 1. The lowest BCUT2D eigenvalue weighted by Crippen LogP contribution is -2.23. The molecule has 0 saturated carbocycles. The Labute approximate surface area is 106 Å². The molecule has 1 rings (SSSR count). The van der Waals surface area contributed by atoms with Crippen LogP contribution < -0.4 is 16.2 Å². The van der Waals surface area contributed by atoms with E-state index in [-0.39, 0.29) is 5.69 Å². The van der Waals surface area contributed by atoms with E-state index in [0.717, 1.165) is 5.69 Å². The smallest absolute Gasteiger partial charge is 0.273 e. The number of anilines is 2. The lowest BCUT2D eigenvalue weighted by Gasteiger charge is -2.19. The molecule has 100 valence electrons. The van der Waals surface area contributed by atoms with E-state index in [1.54, 1.807) is 6.07 Å². The summed E-state index contributed by atoms with van der Waals surface area (Å²) in [5.74, 6) is 5.29. The fourth-order valence-electron chi connectivity index (χ4n) is 1.48. The number of likely N-dealkylation sites (N-methyl/N-ethyl adjacent to an activating group) is 1. The Bertz CT molecular complexity index is 411. The maximum atomic E-state index is 10.8. The second-order valence-electron chi connectivity index (χ2n) is 3.76. The number of rotatable bonds is 7. The minimum Gasteiger partial charge on any atom is -0.380 e. The number of hydrogen-bond donors (Lipinski definition) is 2. The van der Waals surface area contributed by atoms with Crippen LogP contribution in [-0.4, -0.2) is 31.7 Å². The van der Waals surface area contributed by atoms with Gasteiger partial charge in [0, 0.05) is 38.0 Å². The van der Waals surface area contributed by atoms with Crippen molar-refractivity contribution in [2.45, 2.75) is 6.92 Å². The van der Waals surface area contributed by atoms with Crippen molar-refractivity contribution < 1.29 is 9.66 Å². The Morgan fingerprint density at radius 2 is 2.22 bits per heavy atom. The topological polar surface area (TPSA) is 93.7 Å². The van der Waals surface area contributed by atoms with Crippen molar-refractivity contribution in [1.82, 2.24) is 0 Å². The molecular formula is C11H18N4O3. The summed E-state index contributed by atoms with van der Waals surface area (Å²) >= 11 is 0. The van der Waals surface area contributed by atoms with Gasteiger partial charge in [0.25, 0.3) is 5.69 Å². The van der Waals surface area contributed by atoms with Gasteiger partial charge in [0.05, 0.1) is 17.2 Å². The van der Waals surface area contributed by atoms with E-state index in [0.29, 0.717) is 25.4 Å². The number of nitro groups is 1. The van der Waals surface area contributed by atoms with Gasteiger partial charge in [-0.05, 0) is 13.0 Å². The fourth-order valence-corrected chi connectivity index (χ4v) is 1.48. The van der Waals surface area contributed by atoms with E-state index >= 15 is 0 Å². The lowest BCUT2D eigenvalue weighted by atomic mass is 10.2. The Balaban J connectivity index is 2.86. The second kappa shape index (κ2) is 6.77. The van der Waals surface area contributed by atoms with Gasteiger partial charge in [-0.25, -0.2) is 0 Å². The van der Waals surface area contributed by atoms with Gasteiger partial charge in [-0.15, -0.1) is 0 Å². The third kappa shape index (κ3) is 3.86. The molecule has 0 aliphatic heterocycles. The van der Waals surface area contributed by atoms with Crippen molar-refractivity contribution in [3.8, 4) is 0 Å². The zero-order valence-corrected chi connectivity index (χ0v) is 10.5. The van der Waals surface area contributed by atoms with Gasteiger partial charge in [-0.3, -0.25) is 16.0 Å². The van der Waals surface area contributed by atoms with Crippen LogP contribution >= 0.6 is 0 Å². The van der Waals surface area contributed by atoms with Gasteiger partial charge in [0.2, 0.25) is 0 Å². The molecule has 0 aliphatic carbocycles. The maximum absolute atomic E-state index is 10.8. The zero-order chi connectivity index (χ0) is 13.5. The number of nitrogens with zero attached hydrogens (tertiary/aromatic N) is 2. The molecule has 0 unspecified atom stereocenters.